The van der Waals surface area contributed by atoms with Gasteiger partial charge in [0.05, 0.1) is 12.8 Å². The molecule has 2 atom stereocenters. The number of aromatic nitrogens is 1. The highest BCUT2D eigenvalue weighted by molar-refractivity contribution is 5.76. The van der Waals surface area contributed by atoms with Crippen LogP contribution in [0.2, 0.25) is 0 Å². The molecular weight excluding hydrogens is 216 g/mol. The van der Waals surface area contributed by atoms with Crippen molar-refractivity contribution in [2.45, 2.75) is 31.8 Å². The first-order chi connectivity index (χ1) is 8.22. The number of pyridine rings is 1. The van der Waals surface area contributed by atoms with Crippen LogP contribution in [0.4, 0.5) is 0 Å². The molecule has 1 fully saturated rings. The Bertz CT molecular complexity index is 376. The molecule has 0 aromatic carbocycles. The van der Waals surface area contributed by atoms with E-state index in [1.807, 2.05) is 25.1 Å². The Morgan fingerprint density at radius 1 is 1.53 bits per heavy atom. The third-order valence-electron chi connectivity index (χ3n) is 3.11. The standard InChI is InChI=1S/C13H18N2O2/c1-9(11-5-3-4-8-14-11)15-12(10-6-7-10)13(16)17-2/h3-5,8-10,12,15H,6-7H2,1-2H3/t9-,12?/m1/s1. The quantitative estimate of drug-likeness (QED) is 0.788. The van der Waals surface area contributed by atoms with Gasteiger partial charge < -0.3 is 4.74 Å². The van der Waals surface area contributed by atoms with Crippen LogP contribution in [0.25, 0.3) is 0 Å². The van der Waals surface area contributed by atoms with E-state index in [0.717, 1.165) is 18.5 Å². The van der Waals surface area contributed by atoms with E-state index in [2.05, 4.69) is 10.3 Å². The molecule has 4 nitrogen and oxygen atoms in total. The van der Waals surface area contributed by atoms with Crippen LogP contribution in [0.3, 0.4) is 0 Å². The van der Waals surface area contributed by atoms with Crippen molar-refractivity contribution in [3.05, 3.63) is 30.1 Å². The van der Waals surface area contributed by atoms with Crippen LogP contribution in [-0.2, 0) is 9.53 Å². The molecule has 1 heterocycles. The molecule has 1 aliphatic rings. The Balaban J connectivity index is 2.00. The number of hydrogen-bond acceptors (Lipinski definition) is 4. The van der Waals surface area contributed by atoms with E-state index in [1.165, 1.54) is 7.11 Å². The molecule has 2 rings (SSSR count). The molecule has 17 heavy (non-hydrogen) atoms. The van der Waals surface area contributed by atoms with Crippen molar-refractivity contribution in [2.75, 3.05) is 7.11 Å². The molecule has 0 bridgehead atoms. The summed E-state index contributed by atoms with van der Waals surface area (Å²) >= 11 is 0. The minimum Gasteiger partial charge on any atom is -0.468 e. The highest BCUT2D eigenvalue weighted by atomic mass is 16.5. The molecule has 0 saturated heterocycles. The summed E-state index contributed by atoms with van der Waals surface area (Å²) in [6, 6.07) is 5.65. The van der Waals surface area contributed by atoms with Crippen LogP contribution in [-0.4, -0.2) is 24.1 Å². The van der Waals surface area contributed by atoms with E-state index in [-0.39, 0.29) is 18.1 Å². The zero-order chi connectivity index (χ0) is 12.3. The fourth-order valence-electron chi connectivity index (χ4n) is 1.94. The third-order valence-corrected chi connectivity index (χ3v) is 3.11. The SMILES string of the molecule is COC(=O)C(N[C@H](C)c1ccccn1)C1CC1. The minimum absolute atomic E-state index is 0.0564. The molecule has 0 amide bonds. The molecule has 92 valence electrons. The van der Waals surface area contributed by atoms with Crippen LogP contribution < -0.4 is 5.32 Å². The van der Waals surface area contributed by atoms with Crippen molar-refractivity contribution >= 4 is 5.97 Å². The van der Waals surface area contributed by atoms with E-state index < -0.39 is 0 Å². The summed E-state index contributed by atoms with van der Waals surface area (Å²) < 4.78 is 4.83. The number of hydrogen-bond donors (Lipinski definition) is 1. The van der Waals surface area contributed by atoms with E-state index in [9.17, 15) is 4.79 Å². The van der Waals surface area contributed by atoms with Crippen LogP contribution >= 0.6 is 0 Å². The number of esters is 1. The second-order valence-electron chi connectivity index (χ2n) is 4.48. The van der Waals surface area contributed by atoms with Gasteiger partial charge in [-0.05, 0) is 37.8 Å². The Labute approximate surface area is 101 Å². The van der Waals surface area contributed by atoms with Gasteiger partial charge >= 0.3 is 5.97 Å². The Morgan fingerprint density at radius 3 is 2.82 bits per heavy atom. The molecule has 0 radical (unpaired) electrons. The molecular formula is C13H18N2O2. The van der Waals surface area contributed by atoms with E-state index in [0.29, 0.717) is 5.92 Å². The first-order valence-corrected chi connectivity index (χ1v) is 5.97. The molecule has 0 aliphatic heterocycles. The monoisotopic (exact) mass is 234 g/mol. The Morgan fingerprint density at radius 2 is 2.29 bits per heavy atom. The maximum Gasteiger partial charge on any atom is 0.323 e. The topological polar surface area (TPSA) is 51.2 Å². The van der Waals surface area contributed by atoms with Crippen molar-refractivity contribution in [2.24, 2.45) is 5.92 Å². The zero-order valence-corrected chi connectivity index (χ0v) is 10.2. The molecule has 1 aromatic rings. The normalized spacial score (nSPS) is 18.5. The lowest BCUT2D eigenvalue weighted by atomic mass is 10.1. The van der Waals surface area contributed by atoms with Crippen molar-refractivity contribution in [3.8, 4) is 0 Å². The third kappa shape index (κ3) is 3.03. The zero-order valence-electron chi connectivity index (χ0n) is 10.2. The van der Waals surface area contributed by atoms with Crippen molar-refractivity contribution in [1.82, 2.24) is 10.3 Å². The second-order valence-corrected chi connectivity index (χ2v) is 4.48. The van der Waals surface area contributed by atoms with Gasteiger partial charge in [0.1, 0.15) is 6.04 Å². The summed E-state index contributed by atoms with van der Waals surface area (Å²) in [6.07, 6.45) is 3.96. The number of ether oxygens (including phenoxy) is 1. The number of nitrogens with one attached hydrogen (secondary N) is 1. The number of carbonyl (C=O) groups is 1. The van der Waals surface area contributed by atoms with Gasteiger partial charge in [0.25, 0.3) is 0 Å². The first-order valence-electron chi connectivity index (χ1n) is 5.97. The smallest absolute Gasteiger partial charge is 0.323 e. The molecule has 0 spiro atoms. The van der Waals surface area contributed by atoms with Crippen molar-refractivity contribution in [3.63, 3.8) is 0 Å². The fourth-order valence-corrected chi connectivity index (χ4v) is 1.94. The second kappa shape index (κ2) is 5.27. The molecule has 1 unspecified atom stereocenters. The highest BCUT2D eigenvalue weighted by Crippen LogP contribution is 2.34. The van der Waals surface area contributed by atoms with Gasteiger partial charge in [-0.3, -0.25) is 15.1 Å². The lowest BCUT2D eigenvalue weighted by Crippen LogP contribution is -2.41. The van der Waals surface area contributed by atoms with E-state index in [4.69, 9.17) is 4.74 Å². The average molecular weight is 234 g/mol. The van der Waals surface area contributed by atoms with Gasteiger partial charge in [0, 0.05) is 12.2 Å². The van der Waals surface area contributed by atoms with Gasteiger partial charge in [-0.1, -0.05) is 6.07 Å². The highest BCUT2D eigenvalue weighted by Gasteiger charge is 2.37. The van der Waals surface area contributed by atoms with Gasteiger partial charge in [0.2, 0.25) is 0 Å². The lowest BCUT2D eigenvalue weighted by Gasteiger charge is -2.20. The van der Waals surface area contributed by atoms with Crippen LogP contribution in [0.5, 0.6) is 0 Å². The van der Waals surface area contributed by atoms with Crippen molar-refractivity contribution in [1.29, 1.82) is 0 Å². The summed E-state index contributed by atoms with van der Waals surface area (Å²) in [5.41, 5.74) is 0.946. The maximum absolute atomic E-state index is 11.7. The number of methoxy groups -OCH3 is 1. The summed E-state index contributed by atoms with van der Waals surface area (Å²) in [6.45, 7) is 2.01. The van der Waals surface area contributed by atoms with E-state index >= 15 is 0 Å². The number of nitrogens with zero attached hydrogens (tertiary/aromatic N) is 1. The van der Waals surface area contributed by atoms with Gasteiger partial charge in [-0.25, -0.2) is 0 Å². The lowest BCUT2D eigenvalue weighted by molar-refractivity contribution is -0.144. The summed E-state index contributed by atoms with van der Waals surface area (Å²) in [5, 5.41) is 3.31. The maximum atomic E-state index is 11.7. The van der Waals surface area contributed by atoms with Gasteiger partial charge in [0.15, 0.2) is 0 Å². The summed E-state index contributed by atoms with van der Waals surface area (Å²) in [7, 11) is 1.44. The van der Waals surface area contributed by atoms with Crippen LogP contribution in [0, 0.1) is 5.92 Å². The first kappa shape index (κ1) is 12.0. The largest absolute Gasteiger partial charge is 0.468 e. The van der Waals surface area contributed by atoms with Crippen LogP contribution in [0.15, 0.2) is 24.4 Å². The number of carbonyl (C=O) groups excluding carboxylic acids is 1. The molecule has 1 saturated carbocycles. The Kier molecular flexibility index (Phi) is 3.74. The summed E-state index contributed by atoms with van der Waals surface area (Å²) in [5.74, 6) is 0.254. The predicted molar refractivity (Wildman–Crippen MR) is 64.3 cm³/mol. The average Bonchev–Trinajstić information content (AvgIpc) is 3.20. The van der Waals surface area contributed by atoms with Gasteiger partial charge in [-0.2, -0.15) is 0 Å². The fraction of sp³-hybridized carbons (Fsp3) is 0.538. The molecule has 4 heteroatoms. The molecule has 1 N–H and O–H groups in total. The predicted octanol–water partition coefficient (Wildman–Crippen LogP) is 1.68. The Hall–Kier alpha value is -1.42. The number of rotatable bonds is 5. The van der Waals surface area contributed by atoms with Crippen LogP contribution in [0.1, 0.15) is 31.5 Å². The molecule has 1 aliphatic carbocycles. The van der Waals surface area contributed by atoms with Gasteiger partial charge in [-0.15, -0.1) is 0 Å². The van der Waals surface area contributed by atoms with E-state index in [1.54, 1.807) is 6.20 Å². The molecule has 1 aromatic heterocycles. The minimum atomic E-state index is -0.197. The summed E-state index contributed by atoms with van der Waals surface area (Å²) in [4.78, 5) is 15.9. The van der Waals surface area contributed by atoms with Crippen molar-refractivity contribution < 1.29 is 9.53 Å².